The van der Waals surface area contributed by atoms with Gasteiger partial charge in [-0.15, -0.1) is 0 Å². The third kappa shape index (κ3) is 5.93. The van der Waals surface area contributed by atoms with E-state index in [0.29, 0.717) is 12.3 Å². The molecule has 0 saturated heterocycles. The van der Waals surface area contributed by atoms with Crippen LogP contribution in [-0.4, -0.2) is 30.3 Å². The summed E-state index contributed by atoms with van der Waals surface area (Å²) >= 11 is 3.41. The number of benzene rings is 1. The molecule has 2 rings (SSSR count). The quantitative estimate of drug-likeness (QED) is 0.770. The monoisotopic (exact) mass is 394 g/mol. The van der Waals surface area contributed by atoms with E-state index in [0.717, 1.165) is 22.1 Å². The molecule has 0 unspecified atom stereocenters. The molecule has 24 heavy (non-hydrogen) atoms. The van der Waals surface area contributed by atoms with E-state index < -0.39 is 0 Å². The summed E-state index contributed by atoms with van der Waals surface area (Å²) in [7, 11) is 1.71. The molecule has 0 atom stereocenters. The maximum absolute atomic E-state index is 12.2. The average molecular weight is 395 g/mol. The summed E-state index contributed by atoms with van der Waals surface area (Å²) in [5, 5.41) is 2.88. The molecule has 0 radical (unpaired) electrons. The fourth-order valence-corrected chi connectivity index (χ4v) is 3.73. The van der Waals surface area contributed by atoms with Crippen LogP contribution >= 0.6 is 15.9 Å². The molecule has 1 aliphatic rings. The summed E-state index contributed by atoms with van der Waals surface area (Å²) in [6.45, 7) is 2.04. The van der Waals surface area contributed by atoms with Gasteiger partial charge in [-0.25, -0.2) is 0 Å². The van der Waals surface area contributed by atoms with Crippen LogP contribution in [0.3, 0.4) is 0 Å². The molecule has 2 amide bonds. The van der Waals surface area contributed by atoms with Crippen molar-refractivity contribution in [1.82, 2.24) is 4.90 Å². The van der Waals surface area contributed by atoms with Gasteiger partial charge in [0.15, 0.2) is 0 Å². The van der Waals surface area contributed by atoms with Gasteiger partial charge in [-0.2, -0.15) is 0 Å². The highest BCUT2D eigenvalue weighted by Crippen LogP contribution is 2.27. The molecule has 0 heterocycles. The lowest BCUT2D eigenvalue weighted by Gasteiger charge is -2.23. The Bertz CT molecular complexity index is 583. The number of anilines is 1. The van der Waals surface area contributed by atoms with Crippen LogP contribution in [0.5, 0.6) is 0 Å². The Morgan fingerprint density at radius 1 is 1.25 bits per heavy atom. The number of halogens is 1. The molecular formula is C19H27BrN2O2. The smallest absolute Gasteiger partial charge is 0.243 e. The topological polar surface area (TPSA) is 49.4 Å². The Kier molecular flexibility index (Phi) is 7.28. The second-order valence-corrected chi connectivity index (χ2v) is 7.72. The van der Waals surface area contributed by atoms with Gasteiger partial charge < -0.3 is 10.2 Å². The van der Waals surface area contributed by atoms with E-state index in [2.05, 4.69) is 21.2 Å². The maximum atomic E-state index is 12.2. The number of amides is 2. The number of hydrogen-bond acceptors (Lipinski definition) is 2. The first kappa shape index (κ1) is 19.0. The summed E-state index contributed by atoms with van der Waals surface area (Å²) < 4.78 is 0.980. The molecule has 5 heteroatoms. The Hall–Kier alpha value is -1.36. The minimum absolute atomic E-state index is 0.0586. The zero-order chi connectivity index (χ0) is 17.5. The van der Waals surface area contributed by atoms with Crippen molar-refractivity contribution >= 4 is 33.4 Å². The SMILES string of the molecule is Cc1cc(Br)ccc1NC(=O)CN(C)C(=O)CCC1CCCCC1. The molecule has 1 N–H and O–H groups in total. The molecule has 1 fully saturated rings. The lowest BCUT2D eigenvalue weighted by Crippen LogP contribution is -2.35. The van der Waals surface area contributed by atoms with Gasteiger partial charge in [0, 0.05) is 23.6 Å². The minimum Gasteiger partial charge on any atom is -0.336 e. The van der Waals surface area contributed by atoms with Crippen LogP contribution in [0.25, 0.3) is 0 Å². The van der Waals surface area contributed by atoms with Crippen molar-refractivity contribution in [3.63, 3.8) is 0 Å². The van der Waals surface area contributed by atoms with Gasteiger partial charge in [0.05, 0.1) is 6.54 Å². The van der Waals surface area contributed by atoms with Crippen LogP contribution in [0, 0.1) is 12.8 Å². The van der Waals surface area contributed by atoms with Crippen molar-refractivity contribution in [2.24, 2.45) is 5.92 Å². The Labute approximate surface area is 153 Å². The van der Waals surface area contributed by atoms with Crippen LogP contribution in [0.2, 0.25) is 0 Å². The third-order valence-corrected chi connectivity index (χ3v) is 5.25. The zero-order valence-corrected chi connectivity index (χ0v) is 16.2. The third-order valence-electron chi connectivity index (χ3n) is 4.76. The molecule has 1 aromatic rings. The molecule has 1 aromatic carbocycles. The Balaban J connectivity index is 1.76. The number of aryl methyl sites for hydroxylation is 1. The van der Waals surface area contributed by atoms with E-state index in [9.17, 15) is 9.59 Å². The molecule has 0 aliphatic heterocycles. The second-order valence-electron chi connectivity index (χ2n) is 6.80. The molecule has 0 aromatic heterocycles. The number of likely N-dealkylation sites (N-methyl/N-ethyl adjacent to an activating group) is 1. The summed E-state index contributed by atoms with van der Waals surface area (Å²) in [6.07, 6.45) is 7.93. The lowest BCUT2D eigenvalue weighted by molar-refractivity contribution is -0.133. The predicted octanol–water partition coefficient (Wildman–Crippen LogP) is 4.51. The summed E-state index contributed by atoms with van der Waals surface area (Å²) in [4.78, 5) is 25.9. The van der Waals surface area contributed by atoms with Crippen LogP contribution in [-0.2, 0) is 9.59 Å². The van der Waals surface area contributed by atoms with Crippen LogP contribution in [0.4, 0.5) is 5.69 Å². The maximum Gasteiger partial charge on any atom is 0.243 e. The summed E-state index contributed by atoms with van der Waals surface area (Å²) in [6, 6.07) is 5.71. The number of rotatable bonds is 6. The van der Waals surface area contributed by atoms with Gasteiger partial charge in [0.2, 0.25) is 11.8 Å². The highest BCUT2D eigenvalue weighted by molar-refractivity contribution is 9.10. The van der Waals surface area contributed by atoms with Crippen LogP contribution in [0.1, 0.15) is 50.5 Å². The van der Waals surface area contributed by atoms with Gasteiger partial charge in [-0.05, 0) is 43.0 Å². The highest BCUT2D eigenvalue weighted by atomic mass is 79.9. The highest BCUT2D eigenvalue weighted by Gasteiger charge is 2.18. The molecule has 0 spiro atoms. The normalized spacial score (nSPS) is 15.1. The van der Waals surface area contributed by atoms with E-state index in [4.69, 9.17) is 0 Å². The standard InChI is InChI=1S/C19H27BrN2O2/c1-14-12-16(20)9-10-17(14)21-18(23)13-22(2)19(24)11-8-15-6-4-3-5-7-15/h9-10,12,15H,3-8,11,13H2,1-2H3,(H,21,23). The number of carbonyl (C=O) groups is 2. The first-order valence-electron chi connectivity index (χ1n) is 8.75. The molecule has 132 valence electrons. The lowest BCUT2D eigenvalue weighted by atomic mass is 9.86. The first-order valence-corrected chi connectivity index (χ1v) is 9.55. The predicted molar refractivity (Wildman–Crippen MR) is 101 cm³/mol. The fraction of sp³-hybridized carbons (Fsp3) is 0.579. The second kappa shape index (κ2) is 9.21. The molecule has 1 saturated carbocycles. The van der Waals surface area contributed by atoms with Gasteiger partial charge >= 0.3 is 0 Å². The first-order chi connectivity index (χ1) is 11.5. The fourth-order valence-electron chi connectivity index (χ4n) is 3.25. The van der Waals surface area contributed by atoms with Crippen LogP contribution in [0.15, 0.2) is 22.7 Å². The van der Waals surface area contributed by atoms with Crippen molar-refractivity contribution in [3.05, 3.63) is 28.2 Å². The van der Waals surface area contributed by atoms with E-state index in [1.807, 2.05) is 25.1 Å². The summed E-state index contributed by atoms with van der Waals surface area (Å²) in [5.41, 5.74) is 1.77. The van der Waals surface area contributed by atoms with E-state index in [1.165, 1.54) is 37.0 Å². The Morgan fingerprint density at radius 3 is 2.62 bits per heavy atom. The van der Waals surface area contributed by atoms with Crippen LogP contribution < -0.4 is 5.32 Å². The number of nitrogens with zero attached hydrogens (tertiary/aromatic N) is 1. The van der Waals surface area contributed by atoms with E-state index >= 15 is 0 Å². The van der Waals surface area contributed by atoms with Gasteiger partial charge in [0.1, 0.15) is 0 Å². The number of hydrogen-bond donors (Lipinski definition) is 1. The minimum atomic E-state index is -0.158. The molecule has 4 nitrogen and oxygen atoms in total. The zero-order valence-electron chi connectivity index (χ0n) is 14.6. The van der Waals surface area contributed by atoms with Crippen molar-refractivity contribution in [1.29, 1.82) is 0 Å². The van der Waals surface area contributed by atoms with Gasteiger partial charge in [-0.3, -0.25) is 9.59 Å². The average Bonchev–Trinajstić information content (AvgIpc) is 2.56. The van der Waals surface area contributed by atoms with Gasteiger partial charge in [-0.1, -0.05) is 48.0 Å². The number of carbonyl (C=O) groups excluding carboxylic acids is 2. The Morgan fingerprint density at radius 2 is 1.96 bits per heavy atom. The summed E-state index contributed by atoms with van der Waals surface area (Å²) in [5.74, 6) is 0.590. The van der Waals surface area contributed by atoms with E-state index in [-0.39, 0.29) is 18.4 Å². The van der Waals surface area contributed by atoms with Crippen molar-refractivity contribution in [2.45, 2.75) is 51.9 Å². The molecular weight excluding hydrogens is 368 g/mol. The van der Waals surface area contributed by atoms with E-state index in [1.54, 1.807) is 7.05 Å². The van der Waals surface area contributed by atoms with Crippen molar-refractivity contribution < 1.29 is 9.59 Å². The van der Waals surface area contributed by atoms with Crippen molar-refractivity contribution in [2.75, 3.05) is 18.9 Å². The molecule has 0 bridgehead atoms. The number of nitrogens with one attached hydrogen (secondary N) is 1. The molecule has 1 aliphatic carbocycles. The van der Waals surface area contributed by atoms with Crippen molar-refractivity contribution in [3.8, 4) is 0 Å². The van der Waals surface area contributed by atoms with Gasteiger partial charge in [0.25, 0.3) is 0 Å². The largest absolute Gasteiger partial charge is 0.336 e.